The van der Waals surface area contributed by atoms with Crippen LogP contribution in [-0.2, 0) is 30.4 Å². The first-order chi connectivity index (χ1) is 25.2. The van der Waals surface area contributed by atoms with Gasteiger partial charge in [0.15, 0.2) is 5.71 Å². The lowest BCUT2D eigenvalue weighted by Crippen LogP contribution is -2.29. The average molecular weight is 818 g/mol. The fourth-order valence-corrected chi connectivity index (χ4v) is 7.41. The van der Waals surface area contributed by atoms with E-state index in [2.05, 4.69) is 35.5 Å². The van der Waals surface area contributed by atoms with E-state index in [1.165, 1.54) is 30.3 Å². The highest BCUT2D eigenvalue weighted by Gasteiger charge is 2.36. The Hall–Kier alpha value is -6.08. The van der Waals surface area contributed by atoms with Crippen molar-refractivity contribution in [3.05, 3.63) is 105 Å². The van der Waals surface area contributed by atoms with Gasteiger partial charge in [-0.15, -0.1) is 0 Å². The van der Waals surface area contributed by atoms with E-state index in [1.54, 1.807) is 6.07 Å². The minimum Gasteiger partial charge on any atom is -0.507 e. The molecule has 20 nitrogen and oxygen atoms in total. The number of nitrogens with one attached hydrogen (secondary N) is 3. The molecule has 0 saturated carbocycles. The average Bonchev–Trinajstić information content (AvgIpc) is 3.05. The number of hydrogen-bond acceptors (Lipinski definition) is 14. The number of halogens is 1. The number of allylic oxidation sites excluding steroid dienone is 1. The van der Waals surface area contributed by atoms with Crippen LogP contribution in [0.5, 0.6) is 5.75 Å². The van der Waals surface area contributed by atoms with Crippen LogP contribution in [0, 0.1) is 0 Å². The highest BCUT2D eigenvalue weighted by atomic mass is 35.5. The van der Waals surface area contributed by atoms with Gasteiger partial charge in [-0.2, -0.15) is 35.3 Å². The molecule has 0 atom stereocenters. The Kier molecular flexibility index (Phi) is 9.57. The van der Waals surface area contributed by atoms with Crippen molar-refractivity contribution in [2.75, 3.05) is 5.43 Å². The second-order valence-corrected chi connectivity index (χ2v) is 15.5. The van der Waals surface area contributed by atoms with Gasteiger partial charge in [-0.3, -0.25) is 28.9 Å². The molecule has 0 spiro atoms. The fraction of sp³-hybridized carbons (Fsp3) is 0. The van der Waals surface area contributed by atoms with Gasteiger partial charge in [0.1, 0.15) is 21.1 Å². The van der Waals surface area contributed by atoms with Gasteiger partial charge in [-0.1, -0.05) is 30.3 Å². The van der Waals surface area contributed by atoms with Crippen LogP contribution >= 0.6 is 11.6 Å². The van der Waals surface area contributed by atoms with Gasteiger partial charge >= 0.3 is 5.97 Å². The number of ketones is 1. The molecule has 1 heterocycles. The van der Waals surface area contributed by atoms with E-state index < -0.39 is 107 Å². The molecule has 1 aliphatic carbocycles. The zero-order valence-corrected chi connectivity index (χ0v) is 29.5. The van der Waals surface area contributed by atoms with Gasteiger partial charge < -0.3 is 15.2 Å². The number of carbonyl (C=O) groups excluding carboxylic acids is 1. The Balaban J connectivity index is 1.56. The fourth-order valence-electron chi connectivity index (χ4n) is 5.19. The SMILES string of the molecule is O=C(O)c1ccc(N=c2nc(Cl)[nH]c(=Nc3cc(S(=O)(=O)O)cc4c3C(=O)/C(=N\Nc3ccc5ccccc5c3S(=O)(=O)O)C(S(=O)(=O)O)=C4)[nH]2)cc1O. The summed E-state index contributed by atoms with van der Waals surface area (Å²) in [6.07, 6.45) is 0.644. The number of hydrogen-bond donors (Lipinski definition) is 8. The van der Waals surface area contributed by atoms with Crippen LogP contribution in [0.15, 0.2) is 96.5 Å². The number of benzene rings is 4. The maximum atomic E-state index is 14.1. The summed E-state index contributed by atoms with van der Waals surface area (Å²) in [4.78, 5) is 39.8. The molecular formula is C30H20ClN7O13S3. The molecule has 1 aliphatic rings. The predicted molar refractivity (Wildman–Crippen MR) is 188 cm³/mol. The van der Waals surface area contributed by atoms with Crippen molar-refractivity contribution in [1.29, 1.82) is 0 Å². The van der Waals surface area contributed by atoms with Crippen LogP contribution in [0.3, 0.4) is 0 Å². The lowest BCUT2D eigenvalue weighted by Gasteiger charge is -2.19. The summed E-state index contributed by atoms with van der Waals surface area (Å²) >= 11 is 6.10. The second kappa shape index (κ2) is 13.7. The number of aromatic amines is 2. The zero-order chi connectivity index (χ0) is 39.3. The number of fused-ring (bicyclic) bond motifs is 2. The minimum absolute atomic E-state index is 0.0183. The summed E-state index contributed by atoms with van der Waals surface area (Å²) in [5.41, 5.74) is -1.99. The first kappa shape index (κ1) is 37.7. The van der Waals surface area contributed by atoms with Gasteiger partial charge in [0.2, 0.25) is 22.3 Å². The summed E-state index contributed by atoms with van der Waals surface area (Å²) in [6, 6.07) is 13.3. The Morgan fingerprint density at radius 3 is 2.22 bits per heavy atom. The number of nitrogens with zero attached hydrogens (tertiary/aromatic N) is 4. The molecule has 0 saturated heterocycles. The van der Waals surface area contributed by atoms with Crippen molar-refractivity contribution >= 4 is 93.3 Å². The number of aromatic hydroxyl groups is 1. The third-order valence-electron chi connectivity index (χ3n) is 7.42. The van der Waals surface area contributed by atoms with Crippen molar-refractivity contribution < 1.29 is 58.7 Å². The van der Waals surface area contributed by atoms with E-state index in [0.717, 1.165) is 24.3 Å². The molecule has 0 unspecified atom stereocenters. The molecule has 0 radical (unpaired) electrons. The van der Waals surface area contributed by atoms with Crippen LogP contribution in [0.2, 0.25) is 5.28 Å². The minimum atomic E-state index is -5.34. The molecule has 8 N–H and O–H groups in total. The Morgan fingerprint density at radius 1 is 0.852 bits per heavy atom. The smallest absolute Gasteiger partial charge is 0.339 e. The number of H-pyrrole nitrogens is 2. The topological polar surface area (TPSA) is 331 Å². The molecular weight excluding hydrogens is 798 g/mol. The number of carboxylic acids is 1. The van der Waals surface area contributed by atoms with E-state index in [-0.39, 0.29) is 16.7 Å². The second-order valence-electron chi connectivity index (χ2n) is 11.0. The Bertz CT molecular complexity index is 3030. The largest absolute Gasteiger partial charge is 0.507 e. The summed E-state index contributed by atoms with van der Waals surface area (Å²) < 4.78 is 104. The first-order valence-electron chi connectivity index (χ1n) is 14.5. The Morgan fingerprint density at radius 2 is 1.57 bits per heavy atom. The summed E-state index contributed by atoms with van der Waals surface area (Å²) in [7, 11) is -15.4. The third-order valence-corrected chi connectivity index (χ3v) is 10.3. The molecule has 1 aromatic heterocycles. The molecule has 54 heavy (non-hydrogen) atoms. The number of carbonyl (C=O) groups is 2. The monoisotopic (exact) mass is 817 g/mol. The predicted octanol–water partition coefficient (Wildman–Crippen LogP) is 2.80. The van der Waals surface area contributed by atoms with E-state index in [9.17, 15) is 53.6 Å². The van der Waals surface area contributed by atoms with Crippen LogP contribution in [-0.4, -0.2) is 81.5 Å². The molecule has 278 valence electrons. The number of anilines is 1. The molecule has 0 bridgehead atoms. The molecule has 0 fully saturated rings. The molecule has 0 aliphatic heterocycles. The van der Waals surface area contributed by atoms with Crippen LogP contribution in [0.1, 0.15) is 26.3 Å². The number of phenols is 1. The number of Topliss-reactive ketones (excluding diaryl/α,β-unsaturated/α-hetero) is 1. The Labute approximate surface area is 306 Å². The summed E-state index contributed by atoms with van der Waals surface area (Å²) in [6.45, 7) is 0. The van der Waals surface area contributed by atoms with Crippen molar-refractivity contribution in [3.63, 3.8) is 0 Å². The van der Waals surface area contributed by atoms with Crippen molar-refractivity contribution in [2.45, 2.75) is 9.79 Å². The number of rotatable bonds is 8. The molecule has 0 amide bonds. The highest BCUT2D eigenvalue weighted by Crippen LogP contribution is 2.36. The first-order valence-corrected chi connectivity index (χ1v) is 19.1. The molecule has 24 heteroatoms. The highest BCUT2D eigenvalue weighted by molar-refractivity contribution is 7.91. The van der Waals surface area contributed by atoms with Crippen LogP contribution < -0.4 is 16.7 Å². The van der Waals surface area contributed by atoms with Gasteiger partial charge in [0.25, 0.3) is 30.4 Å². The maximum absolute atomic E-state index is 14.1. The summed E-state index contributed by atoms with van der Waals surface area (Å²) in [5, 5.41) is 23.0. The van der Waals surface area contributed by atoms with Gasteiger partial charge in [0.05, 0.1) is 27.5 Å². The summed E-state index contributed by atoms with van der Waals surface area (Å²) in [5.74, 6) is -3.36. The van der Waals surface area contributed by atoms with Gasteiger partial charge in [-0.25, -0.2) is 14.8 Å². The van der Waals surface area contributed by atoms with Crippen molar-refractivity contribution in [2.24, 2.45) is 15.1 Å². The lowest BCUT2D eigenvalue weighted by molar-refractivity contribution is 0.0693. The number of hydrazone groups is 1. The van der Waals surface area contributed by atoms with Crippen LogP contribution in [0.4, 0.5) is 17.1 Å². The normalized spacial score (nSPS) is 15.0. The van der Waals surface area contributed by atoms with E-state index in [1.807, 2.05) is 0 Å². The zero-order valence-electron chi connectivity index (χ0n) is 26.3. The van der Waals surface area contributed by atoms with E-state index in [4.69, 9.17) is 16.7 Å². The van der Waals surface area contributed by atoms with E-state index in [0.29, 0.717) is 17.5 Å². The molecule has 4 aromatic carbocycles. The lowest BCUT2D eigenvalue weighted by atomic mass is 9.93. The molecule has 5 aromatic rings. The standard InChI is InChI=1S/C30H20ClN7O13S3/c31-28-34-29(32-15-6-7-18(27(41)42)21(39)11-15)36-30(35-28)33-20-12-16(52(43,44)45)9-14-10-22(53(46,47)48)24(25(40)23(14)20)38-37-19-8-5-13-3-1-2-4-17(13)26(19)54(49,50)51/h1-12,37,39H,(H,41,42)(H,43,44,45)(H,46,47,48)(H,49,50,51)(H2,32,33,34,35,36)/b38-24-. The number of aromatic carboxylic acids is 1. The van der Waals surface area contributed by atoms with Crippen LogP contribution in [0.25, 0.3) is 16.8 Å². The number of aromatic nitrogens is 3. The number of carboxylic acid groups (broad SMARTS) is 1. The van der Waals surface area contributed by atoms with Crippen molar-refractivity contribution in [3.8, 4) is 5.75 Å². The molecule has 6 rings (SSSR count). The quantitative estimate of drug-likeness (QED) is 0.0824. The van der Waals surface area contributed by atoms with Gasteiger partial charge in [-0.05, 0) is 59.0 Å². The third kappa shape index (κ3) is 7.67. The van der Waals surface area contributed by atoms with E-state index >= 15 is 0 Å². The maximum Gasteiger partial charge on any atom is 0.339 e. The van der Waals surface area contributed by atoms with Gasteiger partial charge in [0, 0.05) is 11.5 Å². The van der Waals surface area contributed by atoms with Crippen molar-refractivity contribution in [1.82, 2.24) is 15.0 Å².